The molecule has 2 aliphatic rings. The molecule has 0 saturated carbocycles. The molecular formula is C20H36N4O5. The summed E-state index contributed by atoms with van der Waals surface area (Å²) in [7, 11) is 0. The maximum absolute atomic E-state index is 12.7. The van der Waals surface area contributed by atoms with Gasteiger partial charge in [0, 0.05) is 18.5 Å². The zero-order valence-corrected chi connectivity index (χ0v) is 18.0. The number of aliphatic hydroxyl groups is 2. The summed E-state index contributed by atoms with van der Waals surface area (Å²) < 4.78 is 0. The van der Waals surface area contributed by atoms with Gasteiger partial charge >= 0.3 is 0 Å². The lowest BCUT2D eigenvalue weighted by Crippen LogP contribution is -2.52. The SMILES string of the molecule is CCC(C)C(=O)N1CC(O)CN1C(=O)CNC(=O)C1CC(O)CN1C(CC)CC. The topological polar surface area (TPSA) is 113 Å². The third-order valence-corrected chi connectivity index (χ3v) is 6.08. The number of carbonyl (C=O) groups excluding carboxylic acids is 3. The van der Waals surface area contributed by atoms with E-state index in [9.17, 15) is 24.6 Å². The third kappa shape index (κ3) is 5.46. The van der Waals surface area contributed by atoms with Crippen molar-refractivity contribution in [3.8, 4) is 0 Å². The number of nitrogens with zero attached hydrogens (tertiary/aromatic N) is 3. The standard InChI is InChI=1S/C20H36N4O5/c1-5-13(4)20(29)24-12-16(26)11-23(24)18(27)9-21-19(28)17-8-15(25)10-22(17)14(6-2)7-3/h13-17,25-26H,5-12H2,1-4H3,(H,21,28). The predicted octanol–water partition coefficient (Wildman–Crippen LogP) is -0.281. The summed E-state index contributed by atoms with van der Waals surface area (Å²) in [5, 5.41) is 25.2. The fraction of sp³-hybridized carbons (Fsp3) is 0.850. The van der Waals surface area contributed by atoms with Crippen LogP contribution in [0.1, 0.15) is 53.4 Å². The number of amides is 3. The van der Waals surface area contributed by atoms with E-state index in [1.165, 1.54) is 10.0 Å². The molecule has 166 valence electrons. The van der Waals surface area contributed by atoms with E-state index in [0.717, 1.165) is 12.8 Å². The molecule has 9 heteroatoms. The fourth-order valence-corrected chi connectivity index (χ4v) is 4.16. The van der Waals surface area contributed by atoms with E-state index >= 15 is 0 Å². The van der Waals surface area contributed by atoms with Crippen molar-refractivity contribution in [1.82, 2.24) is 20.2 Å². The Balaban J connectivity index is 1.98. The lowest BCUT2D eigenvalue weighted by Gasteiger charge is -2.31. The second kappa shape index (κ2) is 10.4. The van der Waals surface area contributed by atoms with Gasteiger partial charge in [0.15, 0.2) is 0 Å². The molecule has 4 atom stereocenters. The van der Waals surface area contributed by atoms with Gasteiger partial charge in [-0.1, -0.05) is 27.7 Å². The molecule has 0 bridgehead atoms. The van der Waals surface area contributed by atoms with Gasteiger partial charge in [-0.25, -0.2) is 10.0 Å². The highest BCUT2D eigenvalue weighted by Crippen LogP contribution is 2.24. The molecule has 9 nitrogen and oxygen atoms in total. The highest BCUT2D eigenvalue weighted by Gasteiger charge is 2.40. The van der Waals surface area contributed by atoms with Crippen LogP contribution in [0.4, 0.5) is 0 Å². The van der Waals surface area contributed by atoms with Crippen LogP contribution in [-0.4, -0.2) is 93.3 Å². The van der Waals surface area contributed by atoms with Crippen molar-refractivity contribution < 1.29 is 24.6 Å². The summed E-state index contributed by atoms with van der Waals surface area (Å²) in [6.45, 7) is 8.11. The monoisotopic (exact) mass is 412 g/mol. The normalized spacial score (nSPS) is 26.2. The molecule has 2 fully saturated rings. The number of carbonyl (C=O) groups is 3. The summed E-state index contributed by atoms with van der Waals surface area (Å²) >= 11 is 0. The van der Waals surface area contributed by atoms with Gasteiger partial charge < -0.3 is 15.5 Å². The zero-order chi connectivity index (χ0) is 21.7. The first kappa shape index (κ1) is 23.6. The van der Waals surface area contributed by atoms with Gasteiger partial charge in [-0.15, -0.1) is 0 Å². The molecule has 0 aliphatic carbocycles. The van der Waals surface area contributed by atoms with Crippen LogP contribution in [0.3, 0.4) is 0 Å². The van der Waals surface area contributed by atoms with Crippen molar-refractivity contribution in [1.29, 1.82) is 0 Å². The Hall–Kier alpha value is -1.71. The zero-order valence-electron chi connectivity index (χ0n) is 18.0. The Morgan fingerprint density at radius 1 is 0.966 bits per heavy atom. The van der Waals surface area contributed by atoms with E-state index in [-0.39, 0.29) is 43.4 Å². The molecule has 2 heterocycles. The van der Waals surface area contributed by atoms with Crippen molar-refractivity contribution in [3.05, 3.63) is 0 Å². The maximum atomic E-state index is 12.7. The van der Waals surface area contributed by atoms with E-state index in [1.807, 2.05) is 11.8 Å². The van der Waals surface area contributed by atoms with Crippen molar-refractivity contribution in [3.63, 3.8) is 0 Å². The lowest BCUT2D eigenvalue weighted by atomic mass is 10.1. The third-order valence-electron chi connectivity index (χ3n) is 6.08. The Morgan fingerprint density at radius 3 is 2.17 bits per heavy atom. The number of hydrogen-bond acceptors (Lipinski definition) is 6. The first-order valence-corrected chi connectivity index (χ1v) is 10.7. The van der Waals surface area contributed by atoms with Gasteiger partial charge in [0.05, 0.1) is 37.9 Å². The predicted molar refractivity (Wildman–Crippen MR) is 107 cm³/mol. The second-order valence-corrected chi connectivity index (χ2v) is 8.15. The molecule has 4 unspecified atom stereocenters. The van der Waals surface area contributed by atoms with E-state index in [0.29, 0.717) is 19.4 Å². The van der Waals surface area contributed by atoms with E-state index in [2.05, 4.69) is 19.2 Å². The van der Waals surface area contributed by atoms with Crippen molar-refractivity contribution in [2.45, 2.75) is 77.7 Å². The van der Waals surface area contributed by atoms with Crippen LogP contribution < -0.4 is 5.32 Å². The Morgan fingerprint density at radius 2 is 1.59 bits per heavy atom. The number of β-amino-alcohol motifs (C(OH)–C–C–N with tert-alkyl or cyclic N) is 2. The molecule has 2 rings (SSSR count). The number of aliphatic hydroxyl groups excluding tert-OH is 2. The molecule has 3 N–H and O–H groups in total. The van der Waals surface area contributed by atoms with Gasteiger partial charge in [0.1, 0.15) is 0 Å². The molecule has 29 heavy (non-hydrogen) atoms. The lowest BCUT2D eigenvalue weighted by molar-refractivity contribution is -0.160. The largest absolute Gasteiger partial charge is 0.392 e. The molecule has 0 aromatic rings. The summed E-state index contributed by atoms with van der Waals surface area (Å²) in [6.07, 6.45) is 1.39. The van der Waals surface area contributed by atoms with E-state index in [1.54, 1.807) is 6.92 Å². The summed E-state index contributed by atoms with van der Waals surface area (Å²) in [5.41, 5.74) is 0. The van der Waals surface area contributed by atoms with Crippen LogP contribution in [0.2, 0.25) is 0 Å². The molecule has 0 aromatic heterocycles. The molecule has 0 radical (unpaired) electrons. The van der Waals surface area contributed by atoms with Gasteiger partial charge in [-0.2, -0.15) is 0 Å². The number of hydrogen-bond donors (Lipinski definition) is 3. The highest BCUT2D eigenvalue weighted by atomic mass is 16.3. The molecular weight excluding hydrogens is 376 g/mol. The highest BCUT2D eigenvalue weighted by molar-refractivity contribution is 5.89. The fourth-order valence-electron chi connectivity index (χ4n) is 4.16. The van der Waals surface area contributed by atoms with Gasteiger partial charge in [0.25, 0.3) is 5.91 Å². The minimum absolute atomic E-state index is 0.0406. The van der Waals surface area contributed by atoms with Gasteiger partial charge in [0.2, 0.25) is 11.8 Å². The Kier molecular flexibility index (Phi) is 8.42. The average Bonchev–Trinajstić information content (AvgIpc) is 3.28. The maximum Gasteiger partial charge on any atom is 0.260 e. The Bertz CT molecular complexity index is 597. The molecule has 0 aromatic carbocycles. The van der Waals surface area contributed by atoms with Crippen molar-refractivity contribution in [2.75, 3.05) is 26.2 Å². The summed E-state index contributed by atoms with van der Waals surface area (Å²) in [6, 6.07) is -0.263. The van der Waals surface area contributed by atoms with E-state index in [4.69, 9.17) is 0 Å². The summed E-state index contributed by atoms with van der Waals surface area (Å²) in [5.74, 6) is -1.18. The van der Waals surface area contributed by atoms with E-state index < -0.39 is 24.2 Å². The Labute approximate surface area is 173 Å². The van der Waals surface area contributed by atoms with Crippen LogP contribution in [0.25, 0.3) is 0 Å². The minimum Gasteiger partial charge on any atom is -0.392 e. The quantitative estimate of drug-likeness (QED) is 0.505. The number of rotatable bonds is 8. The molecule has 2 saturated heterocycles. The van der Waals surface area contributed by atoms with Gasteiger partial charge in [-0.3, -0.25) is 19.3 Å². The molecule has 2 aliphatic heterocycles. The number of nitrogens with one attached hydrogen (secondary N) is 1. The average molecular weight is 413 g/mol. The van der Waals surface area contributed by atoms with Crippen LogP contribution in [0, 0.1) is 5.92 Å². The van der Waals surface area contributed by atoms with Crippen LogP contribution in [0.15, 0.2) is 0 Å². The first-order valence-electron chi connectivity index (χ1n) is 10.7. The van der Waals surface area contributed by atoms with Crippen LogP contribution >= 0.6 is 0 Å². The summed E-state index contributed by atoms with van der Waals surface area (Å²) in [4.78, 5) is 39.9. The smallest absolute Gasteiger partial charge is 0.260 e. The number of likely N-dealkylation sites (tertiary alicyclic amines) is 1. The van der Waals surface area contributed by atoms with Gasteiger partial charge in [-0.05, 0) is 25.7 Å². The molecule has 0 spiro atoms. The van der Waals surface area contributed by atoms with Crippen LogP contribution in [0.5, 0.6) is 0 Å². The molecule has 3 amide bonds. The van der Waals surface area contributed by atoms with Crippen molar-refractivity contribution in [2.24, 2.45) is 5.92 Å². The second-order valence-electron chi connectivity index (χ2n) is 8.15. The first-order chi connectivity index (χ1) is 13.7. The number of hydrazine groups is 1. The van der Waals surface area contributed by atoms with Crippen molar-refractivity contribution >= 4 is 17.7 Å². The van der Waals surface area contributed by atoms with Crippen LogP contribution in [-0.2, 0) is 14.4 Å². The minimum atomic E-state index is -0.794.